The minimum Gasteiger partial charge on any atom is -0.472 e. The van der Waals surface area contributed by atoms with E-state index in [1.165, 1.54) is 18.1 Å². The number of carbonyl (C=O) groups is 2. The first-order chi connectivity index (χ1) is 13.2. The Hall–Kier alpha value is -2.60. The molecule has 1 aromatic carbocycles. The van der Waals surface area contributed by atoms with Crippen molar-refractivity contribution in [2.45, 2.75) is 43.6 Å². The second-order valence-electron chi connectivity index (χ2n) is 7.59. The maximum atomic E-state index is 13.3. The number of hydrogen-bond donors (Lipinski definition) is 0. The van der Waals surface area contributed by atoms with Crippen molar-refractivity contribution >= 4 is 11.8 Å². The van der Waals surface area contributed by atoms with Gasteiger partial charge in [-0.25, -0.2) is 0 Å². The summed E-state index contributed by atoms with van der Waals surface area (Å²) >= 11 is 0. The Morgan fingerprint density at radius 3 is 2.56 bits per heavy atom. The molecule has 4 heterocycles. The highest BCUT2D eigenvalue weighted by Crippen LogP contribution is 2.47. The van der Waals surface area contributed by atoms with Crippen molar-refractivity contribution in [2.75, 3.05) is 13.1 Å². The Morgan fingerprint density at radius 1 is 1.07 bits per heavy atom. The van der Waals surface area contributed by atoms with E-state index in [9.17, 15) is 9.59 Å². The third kappa shape index (κ3) is 2.58. The van der Waals surface area contributed by atoms with E-state index in [4.69, 9.17) is 9.15 Å². The monoisotopic (exact) mass is 366 g/mol. The van der Waals surface area contributed by atoms with E-state index in [1.807, 2.05) is 23.1 Å². The molecule has 2 aromatic rings. The van der Waals surface area contributed by atoms with Gasteiger partial charge in [0.15, 0.2) is 5.60 Å². The van der Waals surface area contributed by atoms with Crippen LogP contribution in [-0.2, 0) is 9.53 Å². The molecular weight excluding hydrogens is 344 g/mol. The van der Waals surface area contributed by atoms with E-state index in [0.717, 1.165) is 12.8 Å². The molecule has 6 nitrogen and oxygen atoms in total. The van der Waals surface area contributed by atoms with Gasteiger partial charge in [-0.15, -0.1) is 0 Å². The average molecular weight is 366 g/mol. The molecule has 3 saturated heterocycles. The van der Waals surface area contributed by atoms with Gasteiger partial charge in [0, 0.05) is 25.9 Å². The Labute approximate surface area is 157 Å². The lowest BCUT2D eigenvalue weighted by atomic mass is 9.89. The molecule has 1 spiro atoms. The summed E-state index contributed by atoms with van der Waals surface area (Å²) in [4.78, 5) is 29.6. The van der Waals surface area contributed by atoms with E-state index in [2.05, 4.69) is 12.1 Å². The topological polar surface area (TPSA) is 63.0 Å². The number of fused-ring (bicyclic) bond motifs is 1. The van der Waals surface area contributed by atoms with Gasteiger partial charge in [0.25, 0.3) is 11.8 Å². The SMILES string of the molecule is O=C(c1ccoc1)N1CCC2(CC1)O[C@@H]1CC[C@@H](c3ccccc3)N1C2=O. The summed E-state index contributed by atoms with van der Waals surface area (Å²) in [7, 11) is 0. The minimum atomic E-state index is -0.773. The second kappa shape index (κ2) is 6.23. The molecule has 3 aliphatic heterocycles. The lowest BCUT2D eigenvalue weighted by Crippen LogP contribution is -2.51. The number of likely N-dealkylation sites (tertiary alicyclic amines) is 1. The van der Waals surface area contributed by atoms with Gasteiger partial charge in [0.2, 0.25) is 0 Å². The highest BCUT2D eigenvalue weighted by atomic mass is 16.6. The Balaban J connectivity index is 1.32. The third-order valence-corrected chi connectivity index (χ3v) is 6.13. The molecule has 140 valence electrons. The van der Waals surface area contributed by atoms with Crippen LogP contribution >= 0.6 is 0 Å². The van der Waals surface area contributed by atoms with E-state index >= 15 is 0 Å². The molecule has 0 bridgehead atoms. The molecule has 2 atom stereocenters. The summed E-state index contributed by atoms with van der Waals surface area (Å²) in [6, 6.07) is 11.9. The van der Waals surface area contributed by atoms with Crippen molar-refractivity contribution in [1.82, 2.24) is 9.80 Å². The fourth-order valence-electron chi connectivity index (χ4n) is 4.69. The highest BCUT2D eigenvalue weighted by molar-refractivity contribution is 5.94. The molecule has 0 saturated carbocycles. The van der Waals surface area contributed by atoms with Crippen LogP contribution in [0, 0.1) is 0 Å². The number of amides is 2. The Morgan fingerprint density at radius 2 is 1.85 bits per heavy atom. The van der Waals surface area contributed by atoms with Crippen LogP contribution in [0.1, 0.15) is 47.6 Å². The molecule has 5 rings (SSSR count). The smallest absolute Gasteiger partial charge is 0.257 e. The van der Waals surface area contributed by atoms with Crippen molar-refractivity contribution in [3.63, 3.8) is 0 Å². The van der Waals surface area contributed by atoms with Gasteiger partial charge in [-0.1, -0.05) is 30.3 Å². The number of hydrogen-bond acceptors (Lipinski definition) is 4. The number of nitrogens with zero attached hydrogens (tertiary/aromatic N) is 2. The summed E-state index contributed by atoms with van der Waals surface area (Å²) < 4.78 is 11.3. The standard InChI is InChI=1S/C21H22N2O4/c24-19(16-8-13-26-14-16)22-11-9-21(10-12-22)20(25)23-17(6-7-18(23)27-21)15-4-2-1-3-5-15/h1-5,8,13-14,17-18H,6-7,9-12H2/t17-,18+/m0/s1. The number of rotatable bonds is 2. The molecule has 0 aliphatic carbocycles. The molecule has 6 heteroatoms. The van der Waals surface area contributed by atoms with Crippen molar-refractivity contribution in [3.05, 3.63) is 60.1 Å². The van der Waals surface area contributed by atoms with Gasteiger partial charge in [-0.2, -0.15) is 0 Å². The van der Waals surface area contributed by atoms with Crippen LogP contribution in [0.2, 0.25) is 0 Å². The lowest BCUT2D eigenvalue weighted by Gasteiger charge is -2.37. The Bertz CT molecular complexity index is 840. The first-order valence-corrected chi connectivity index (χ1v) is 9.55. The van der Waals surface area contributed by atoms with E-state index in [-0.39, 0.29) is 24.1 Å². The number of furan rings is 1. The van der Waals surface area contributed by atoms with Crippen LogP contribution < -0.4 is 0 Å². The minimum absolute atomic E-state index is 0.0493. The van der Waals surface area contributed by atoms with Crippen LogP contribution in [0.3, 0.4) is 0 Å². The molecule has 0 radical (unpaired) electrons. The highest BCUT2D eigenvalue weighted by Gasteiger charge is 2.58. The second-order valence-corrected chi connectivity index (χ2v) is 7.59. The summed E-state index contributed by atoms with van der Waals surface area (Å²) in [6.07, 6.45) is 5.71. The summed E-state index contributed by atoms with van der Waals surface area (Å²) in [5.74, 6) is 0.0426. The van der Waals surface area contributed by atoms with Gasteiger partial charge in [-0.05, 0) is 24.5 Å². The normalized spacial score (nSPS) is 26.6. The zero-order valence-electron chi connectivity index (χ0n) is 15.0. The number of benzene rings is 1. The maximum absolute atomic E-state index is 13.3. The van der Waals surface area contributed by atoms with E-state index in [1.54, 1.807) is 11.0 Å². The predicted molar refractivity (Wildman–Crippen MR) is 96.7 cm³/mol. The van der Waals surface area contributed by atoms with Gasteiger partial charge in [0.05, 0.1) is 17.9 Å². The van der Waals surface area contributed by atoms with Gasteiger partial charge < -0.3 is 19.0 Å². The van der Waals surface area contributed by atoms with Gasteiger partial charge in [-0.3, -0.25) is 9.59 Å². The summed E-state index contributed by atoms with van der Waals surface area (Å²) in [5.41, 5.74) is 0.946. The molecule has 0 N–H and O–H groups in total. The molecule has 3 aliphatic rings. The molecule has 1 aromatic heterocycles. The van der Waals surface area contributed by atoms with Crippen LogP contribution in [0.5, 0.6) is 0 Å². The maximum Gasteiger partial charge on any atom is 0.257 e. The van der Waals surface area contributed by atoms with Crippen LogP contribution in [0.25, 0.3) is 0 Å². The molecule has 3 fully saturated rings. The summed E-state index contributed by atoms with van der Waals surface area (Å²) in [6.45, 7) is 1.04. The molecule has 2 amide bonds. The zero-order chi connectivity index (χ0) is 18.4. The Kier molecular flexibility index (Phi) is 3.82. The third-order valence-electron chi connectivity index (χ3n) is 6.13. The van der Waals surface area contributed by atoms with Crippen LogP contribution in [0.15, 0.2) is 53.3 Å². The number of piperidine rings is 1. The quantitative estimate of drug-likeness (QED) is 0.820. The number of ether oxygens (including phenoxy) is 1. The first kappa shape index (κ1) is 16.6. The predicted octanol–water partition coefficient (Wildman–Crippen LogP) is 2.97. The van der Waals surface area contributed by atoms with Crippen molar-refractivity contribution in [2.24, 2.45) is 0 Å². The zero-order valence-corrected chi connectivity index (χ0v) is 15.0. The fourth-order valence-corrected chi connectivity index (χ4v) is 4.69. The van der Waals surface area contributed by atoms with Crippen molar-refractivity contribution in [3.8, 4) is 0 Å². The average Bonchev–Trinajstić information content (AvgIpc) is 3.42. The van der Waals surface area contributed by atoms with Crippen LogP contribution in [0.4, 0.5) is 0 Å². The van der Waals surface area contributed by atoms with Crippen molar-refractivity contribution in [1.29, 1.82) is 0 Å². The van der Waals surface area contributed by atoms with E-state index in [0.29, 0.717) is 31.5 Å². The molecule has 0 unspecified atom stereocenters. The van der Waals surface area contributed by atoms with Gasteiger partial charge in [0.1, 0.15) is 12.5 Å². The largest absolute Gasteiger partial charge is 0.472 e. The number of carbonyl (C=O) groups excluding carboxylic acids is 2. The van der Waals surface area contributed by atoms with Crippen LogP contribution in [-0.4, -0.2) is 46.5 Å². The fraction of sp³-hybridized carbons (Fsp3) is 0.429. The van der Waals surface area contributed by atoms with E-state index < -0.39 is 5.60 Å². The molecular formula is C21H22N2O4. The lowest BCUT2D eigenvalue weighted by molar-refractivity contribution is -0.142. The van der Waals surface area contributed by atoms with Crippen molar-refractivity contribution < 1.29 is 18.7 Å². The first-order valence-electron chi connectivity index (χ1n) is 9.55. The molecule has 27 heavy (non-hydrogen) atoms. The van der Waals surface area contributed by atoms with Gasteiger partial charge >= 0.3 is 0 Å². The summed E-state index contributed by atoms with van der Waals surface area (Å²) in [5, 5.41) is 0.